The normalized spacial score (nSPS) is 25.7. The molecule has 0 saturated carbocycles. The van der Waals surface area contributed by atoms with Crippen LogP contribution in [-0.4, -0.2) is 98.7 Å². The number of aliphatic imine (C=N–C) groups is 1. The Balaban J connectivity index is 0.00000208. The minimum Gasteiger partial charge on any atom is -0.379 e. The highest BCUT2D eigenvalue weighted by Gasteiger charge is 2.30. The molecule has 0 radical (unpaired) electrons. The summed E-state index contributed by atoms with van der Waals surface area (Å²) in [5.41, 5.74) is 0. The summed E-state index contributed by atoms with van der Waals surface area (Å²) in [4.78, 5) is 23.3. The molecule has 8 heteroatoms. The van der Waals surface area contributed by atoms with Gasteiger partial charge in [0, 0.05) is 52.4 Å². The third kappa shape index (κ3) is 4.95. The number of halogens is 1. The van der Waals surface area contributed by atoms with Crippen molar-refractivity contribution in [3.63, 3.8) is 0 Å². The van der Waals surface area contributed by atoms with Gasteiger partial charge in [0.05, 0.1) is 19.8 Å². The molecule has 138 valence electrons. The van der Waals surface area contributed by atoms with Crippen LogP contribution < -0.4 is 5.32 Å². The van der Waals surface area contributed by atoms with Gasteiger partial charge in [0.25, 0.3) is 0 Å². The molecule has 3 fully saturated rings. The standard InChI is InChI=1S/C16H29N5O2.HI/c1-17-16(18-12-15(22)20-5-2-3-6-20)21-7-4-14(13-21)19-8-10-23-11-9-19;/h14H,2-13H2,1H3,(H,17,18);1H. The van der Waals surface area contributed by atoms with Crippen LogP contribution in [0, 0.1) is 0 Å². The summed E-state index contributed by atoms with van der Waals surface area (Å²) in [5.74, 6) is 1.04. The van der Waals surface area contributed by atoms with Gasteiger partial charge in [-0.2, -0.15) is 0 Å². The lowest BCUT2D eigenvalue weighted by molar-refractivity contribution is -0.128. The van der Waals surface area contributed by atoms with Crippen LogP contribution in [0.5, 0.6) is 0 Å². The van der Waals surface area contributed by atoms with Crippen LogP contribution in [0.3, 0.4) is 0 Å². The van der Waals surface area contributed by atoms with E-state index in [0.29, 0.717) is 12.6 Å². The summed E-state index contributed by atoms with van der Waals surface area (Å²) in [6.45, 7) is 7.88. The zero-order chi connectivity index (χ0) is 16.1. The molecule has 1 unspecified atom stereocenters. The molecule has 0 aromatic rings. The maximum Gasteiger partial charge on any atom is 0.241 e. The molecular formula is C16H30IN5O2. The van der Waals surface area contributed by atoms with Crippen LogP contribution in [0.15, 0.2) is 4.99 Å². The van der Waals surface area contributed by atoms with Crippen LogP contribution in [0.1, 0.15) is 19.3 Å². The van der Waals surface area contributed by atoms with Gasteiger partial charge in [-0.3, -0.25) is 14.7 Å². The second-order valence-corrected chi connectivity index (χ2v) is 6.53. The van der Waals surface area contributed by atoms with E-state index in [0.717, 1.165) is 77.7 Å². The third-order valence-corrected chi connectivity index (χ3v) is 5.09. The minimum atomic E-state index is 0. The number of hydrogen-bond donors (Lipinski definition) is 1. The summed E-state index contributed by atoms with van der Waals surface area (Å²) < 4.78 is 5.43. The Morgan fingerprint density at radius 3 is 2.50 bits per heavy atom. The lowest BCUT2D eigenvalue weighted by atomic mass is 10.2. The number of guanidine groups is 1. The molecule has 7 nitrogen and oxygen atoms in total. The van der Waals surface area contributed by atoms with Crippen molar-refractivity contribution in [2.45, 2.75) is 25.3 Å². The molecule has 0 spiro atoms. The summed E-state index contributed by atoms with van der Waals surface area (Å²) in [7, 11) is 1.80. The van der Waals surface area contributed by atoms with Gasteiger partial charge in [0.15, 0.2) is 5.96 Å². The number of rotatable bonds is 3. The lowest BCUT2D eigenvalue weighted by Gasteiger charge is -2.32. The van der Waals surface area contributed by atoms with Crippen LogP contribution in [0.4, 0.5) is 0 Å². The molecule has 1 amide bonds. The second-order valence-electron chi connectivity index (χ2n) is 6.53. The minimum absolute atomic E-state index is 0. The number of carbonyl (C=O) groups is 1. The predicted octanol–water partition coefficient (Wildman–Crippen LogP) is 0.209. The first-order valence-corrected chi connectivity index (χ1v) is 8.83. The number of carbonyl (C=O) groups excluding carboxylic acids is 1. The van der Waals surface area contributed by atoms with Gasteiger partial charge in [-0.1, -0.05) is 0 Å². The fraction of sp³-hybridized carbons (Fsp3) is 0.875. The monoisotopic (exact) mass is 451 g/mol. The highest BCUT2D eigenvalue weighted by atomic mass is 127. The van der Waals surface area contributed by atoms with Crippen molar-refractivity contribution in [1.82, 2.24) is 20.0 Å². The van der Waals surface area contributed by atoms with E-state index in [1.165, 1.54) is 0 Å². The van der Waals surface area contributed by atoms with Crippen LogP contribution >= 0.6 is 24.0 Å². The largest absolute Gasteiger partial charge is 0.379 e. The Morgan fingerprint density at radius 1 is 1.12 bits per heavy atom. The molecule has 0 bridgehead atoms. The number of amides is 1. The van der Waals surface area contributed by atoms with Crippen LogP contribution in [-0.2, 0) is 9.53 Å². The Morgan fingerprint density at radius 2 is 1.83 bits per heavy atom. The summed E-state index contributed by atoms with van der Waals surface area (Å²) in [5, 5.41) is 3.25. The van der Waals surface area contributed by atoms with Gasteiger partial charge >= 0.3 is 0 Å². The SMILES string of the molecule is CN=C(NCC(=O)N1CCCC1)N1CCC(N2CCOCC2)C1.I. The number of nitrogens with one attached hydrogen (secondary N) is 1. The van der Waals surface area contributed by atoms with Crippen molar-refractivity contribution in [3.8, 4) is 0 Å². The van der Waals surface area contributed by atoms with Crippen LogP contribution in [0.2, 0.25) is 0 Å². The van der Waals surface area contributed by atoms with Crippen LogP contribution in [0.25, 0.3) is 0 Å². The van der Waals surface area contributed by atoms with E-state index < -0.39 is 0 Å². The summed E-state index contributed by atoms with van der Waals surface area (Å²) >= 11 is 0. The smallest absolute Gasteiger partial charge is 0.241 e. The Hall–Kier alpha value is -0.610. The van der Waals surface area contributed by atoms with Crippen molar-refractivity contribution in [2.75, 3.05) is 66.1 Å². The molecule has 0 aromatic carbocycles. The van der Waals surface area contributed by atoms with Gasteiger partial charge < -0.3 is 19.9 Å². The van der Waals surface area contributed by atoms with Gasteiger partial charge in [0.1, 0.15) is 0 Å². The number of hydrogen-bond acceptors (Lipinski definition) is 4. The molecule has 3 heterocycles. The quantitative estimate of drug-likeness (QED) is 0.378. The zero-order valence-corrected chi connectivity index (χ0v) is 16.9. The van der Waals surface area contributed by atoms with E-state index in [1.807, 2.05) is 4.90 Å². The second kappa shape index (κ2) is 9.76. The van der Waals surface area contributed by atoms with E-state index >= 15 is 0 Å². The molecular weight excluding hydrogens is 421 g/mol. The fourth-order valence-electron chi connectivity index (χ4n) is 3.74. The molecule has 0 aromatic heterocycles. The molecule has 3 aliphatic heterocycles. The first-order chi connectivity index (χ1) is 11.3. The number of morpholine rings is 1. The molecule has 1 N–H and O–H groups in total. The van der Waals surface area contributed by atoms with E-state index in [4.69, 9.17) is 4.74 Å². The van der Waals surface area contributed by atoms with E-state index in [1.54, 1.807) is 7.05 Å². The Bertz CT molecular complexity index is 436. The lowest BCUT2D eigenvalue weighted by Crippen LogP contribution is -2.48. The number of ether oxygens (including phenoxy) is 1. The molecule has 0 aliphatic carbocycles. The van der Waals surface area contributed by atoms with Gasteiger partial charge in [0.2, 0.25) is 5.91 Å². The highest BCUT2D eigenvalue weighted by Crippen LogP contribution is 2.17. The van der Waals surface area contributed by atoms with Crippen molar-refractivity contribution < 1.29 is 9.53 Å². The summed E-state index contributed by atoms with van der Waals surface area (Å²) in [6.07, 6.45) is 3.42. The van der Waals surface area contributed by atoms with E-state index in [9.17, 15) is 4.79 Å². The van der Waals surface area contributed by atoms with Crippen molar-refractivity contribution in [1.29, 1.82) is 0 Å². The summed E-state index contributed by atoms with van der Waals surface area (Å²) in [6, 6.07) is 0.576. The zero-order valence-electron chi connectivity index (χ0n) is 14.6. The van der Waals surface area contributed by atoms with Gasteiger partial charge in [-0.25, -0.2) is 0 Å². The molecule has 3 rings (SSSR count). The maximum atomic E-state index is 12.2. The van der Waals surface area contributed by atoms with E-state index in [2.05, 4.69) is 20.1 Å². The number of nitrogens with zero attached hydrogens (tertiary/aromatic N) is 4. The predicted molar refractivity (Wildman–Crippen MR) is 105 cm³/mol. The highest BCUT2D eigenvalue weighted by molar-refractivity contribution is 14.0. The average Bonchev–Trinajstić information content (AvgIpc) is 3.28. The Kier molecular flexibility index (Phi) is 8.02. The number of likely N-dealkylation sites (tertiary alicyclic amines) is 2. The van der Waals surface area contributed by atoms with Crippen molar-refractivity contribution in [3.05, 3.63) is 0 Å². The topological polar surface area (TPSA) is 60.4 Å². The van der Waals surface area contributed by atoms with Gasteiger partial charge in [-0.15, -0.1) is 24.0 Å². The third-order valence-electron chi connectivity index (χ3n) is 5.09. The fourth-order valence-corrected chi connectivity index (χ4v) is 3.74. The maximum absolute atomic E-state index is 12.2. The van der Waals surface area contributed by atoms with Crippen molar-refractivity contribution >= 4 is 35.8 Å². The molecule has 3 saturated heterocycles. The molecule has 1 atom stereocenters. The van der Waals surface area contributed by atoms with Gasteiger partial charge in [-0.05, 0) is 19.3 Å². The average molecular weight is 451 g/mol. The Labute approximate surface area is 161 Å². The first kappa shape index (κ1) is 19.7. The molecule has 24 heavy (non-hydrogen) atoms. The van der Waals surface area contributed by atoms with Crippen molar-refractivity contribution in [2.24, 2.45) is 4.99 Å². The van der Waals surface area contributed by atoms with E-state index in [-0.39, 0.29) is 29.9 Å². The molecule has 3 aliphatic rings. The first-order valence-electron chi connectivity index (χ1n) is 8.83.